The standard InChI is InChI=1S/C19H16N2O2/c1-11-4-5-15(8-12(11)2)19-20-18(21-23-19)14-6-7-17-16(10-14)9-13(3)22-17/h4-10H,1-3H3. The number of nitrogens with zero attached hydrogens (tertiary/aromatic N) is 2. The molecule has 0 spiro atoms. The summed E-state index contributed by atoms with van der Waals surface area (Å²) >= 11 is 0. The van der Waals surface area contributed by atoms with Crippen molar-refractivity contribution in [3.8, 4) is 22.8 Å². The predicted molar refractivity (Wildman–Crippen MR) is 89.2 cm³/mol. The van der Waals surface area contributed by atoms with Gasteiger partial charge in [0.05, 0.1) is 0 Å². The predicted octanol–water partition coefficient (Wildman–Crippen LogP) is 5.08. The number of benzene rings is 2. The fourth-order valence-electron chi connectivity index (χ4n) is 2.65. The molecule has 0 aliphatic rings. The molecule has 4 rings (SSSR count). The van der Waals surface area contributed by atoms with E-state index in [1.807, 2.05) is 37.3 Å². The van der Waals surface area contributed by atoms with E-state index in [-0.39, 0.29) is 0 Å². The Morgan fingerprint density at radius 2 is 1.65 bits per heavy atom. The summed E-state index contributed by atoms with van der Waals surface area (Å²) in [7, 11) is 0. The Bertz CT molecular complexity index is 1010. The van der Waals surface area contributed by atoms with Gasteiger partial charge >= 0.3 is 0 Å². The van der Waals surface area contributed by atoms with Crippen molar-refractivity contribution in [1.29, 1.82) is 0 Å². The van der Waals surface area contributed by atoms with E-state index in [2.05, 4.69) is 36.1 Å². The quantitative estimate of drug-likeness (QED) is 0.518. The van der Waals surface area contributed by atoms with Crippen LogP contribution in [0.25, 0.3) is 33.8 Å². The van der Waals surface area contributed by atoms with E-state index in [0.717, 1.165) is 27.9 Å². The summed E-state index contributed by atoms with van der Waals surface area (Å²) in [6.45, 7) is 6.09. The van der Waals surface area contributed by atoms with E-state index in [1.54, 1.807) is 0 Å². The Morgan fingerprint density at radius 3 is 2.48 bits per heavy atom. The lowest BCUT2D eigenvalue weighted by atomic mass is 10.1. The van der Waals surface area contributed by atoms with E-state index in [9.17, 15) is 0 Å². The van der Waals surface area contributed by atoms with E-state index >= 15 is 0 Å². The van der Waals surface area contributed by atoms with Crippen LogP contribution in [-0.4, -0.2) is 10.1 Å². The third-order valence-corrected chi connectivity index (χ3v) is 4.08. The van der Waals surface area contributed by atoms with Gasteiger partial charge in [0, 0.05) is 16.5 Å². The zero-order chi connectivity index (χ0) is 16.0. The highest BCUT2D eigenvalue weighted by molar-refractivity contribution is 5.82. The SMILES string of the molecule is Cc1cc2cc(-c3noc(-c4ccc(C)c(C)c4)n3)ccc2o1. The van der Waals surface area contributed by atoms with Gasteiger partial charge in [-0.3, -0.25) is 0 Å². The monoisotopic (exact) mass is 304 g/mol. The summed E-state index contributed by atoms with van der Waals surface area (Å²) in [6.07, 6.45) is 0. The first-order chi connectivity index (χ1) is 11.1. The molecule has 114 valence electrons. The van der Waals surface area contributed by atoms with E-state index in [4.69, 9.17) is 8.94 Å². The highest BCUT2D eigenvalue weighted by Crippen LogP contribution is 2.27. The summed E-state index contributed by atoms with van der Waals surface area (Å²) in [5.41, 5.74) is 5.17. The third-order valence-electron chi connectivity index (χ3n) is 4.08. The molecular weight excluding hydrogens is 288 g/mol. The molecule has 2 aromatic carbocycles. The van der Waals surface area contributed by atoms with Gasteiger partial charge in [-0.15, -0.1) is 0 Å². The molecule has 2 aromatic heterocycles. The first-order valence-corrected chi connectivity index (χ1v) is 7.52. The van der Waals surface area contributed by atoms with Crippen LogP contribution in [0, 0.1) is 20.8 Å². The highest BCUT2D eigenvalue weighted by Gasteiger charge is 2.12. The first-order valence-electron chi connectivity index (χ1n) is 7.52. The fraction of sp³-hybridized carbons (Fsp3) is 0.158. The number of hydrogen-bond acceptors (Lipinski definition) is 4. The molecule has 0 saturated carbocycles. The summed E-state index contributed by atoms with van der Waals surface area (Å²) in [4.78, 5) is 4.53. The van der Waals surface area contributed by atoms with Crippen LogP contribution in [0.5, 0.6) is 0 Å². The van der Waals surface area contributed by atoms with E-state index < -0.39 is 0 Å². The molecule has 0 unspecified atom stereocenters. The Balaban J connectivity index is 1.74. The Morgan fingerprint density at radius 1 is 0.826 bits per heavy atom. The second kappa shape index (κ2) is 5.09. The van der Waals surface area contributed by atoms with E-state index in [0.29, 0.717) is 11.7 Å². The Labute approximate surface area is 133 Å². The maximum Gasteiger partial charge on any atom is 0.258 e. The minimum Gasteiger partial charge on any atom is -0.461 e. The Kier molecular flexibility index (Phi) is 3.05. The van der Waals surface area contributed by atoms with Gasteiger partial charge in [-0.2, -0.15) is 4.98 Å². The summed E-state index contributed by atoms with van der Waals surface area (Å²) in [5.74, 6) is 2.01. The molecule has 4 aromatic rings. The molecule has 0 amide bonds. The minimum atomic E-state index is 0.534. The van der Waals surface area contributed by atoms with Crippen LogP contribution >= 0.6 is 0 Å². The zero-order valence-corrected chi connectivity index (χ0v) is 13.3. The van der Waals surface area contributed by atoms with Crippen molar-refractivity contribution in [3.63, 3.8) is 0 Å². The molecule has 0 N–H and O–H groups in total. The number of rotatable bonds is 2. The van der Waals surface area contributed by atoms with Crippen molar-refractivity contribution in [2.45, 2.75) is 20.8 Å². The minimum absolute atomic E-state index is 0.534. The average molecular weight is 304 g/mol. The van der Waals surface area contributed by atoms with Crippen LogP contribution in [0.2, 0.25) is 0 Å². The second-order valence-electron chi connectivity index (χ2n) is 5.83. The van der Waals surface area contributed by atoms with Crippen molar-refractivity contribution >= 4 is 11.0 Å². The van der Waals surface area contributed by atoms with Gasteiger partial charge in [-0.05, 0) is 68.3 Å². The number of furan rings is 1. The van der Waals surface area contributed by atoms with Gasteiger partial charge < -0.3 is 8.94 Å². The molecule has 0 aliphatic carbocycles. The third kappa shape index (κ3) is 2.42. The van der Waals surface area contributed by atoms with Crippen molar-refractivity contribution in [2.75, 3.05) is 0 Å². The van der Waals surface area contributed by atoms with Crippen molar-refractivity contribution in [3.05, 3.63) is 59.4 Å². The maximum absolute atomic E-state index is 5.59. The molecule has 2 heterocycles. The van der Waals surface area contributed by atoms with Crippen molar-refractivity contribution < 1.29 is 8.94 Å². The molecular formula is C19H16N2O2. The Hall–Kier alpha value is -2.88. The van der Waals surface area contributed by atoms with Gasteiger partial charge in [0.25, 0.3) is 5.89 Å². The van der Waals surface area contributed by atoms with Crippen molar-refractivity contribution in [1.82, 2.24) is 10.1 Å². The van der Waals surface area contributed by atoms with Crippen LogP contribution in [0.3, 0.4) is 0 Å². The van der Waals surface area contributed by atoms with Crippen molar-refractivity contribution in [2.24, 2.45) is 0 Å². The molecule has 0 fully saturated rings. The van der Waals surface area contributed by atoms with Crippen LogP contribution in [0.15, 0.2) is 51.4 Å². The fourth-order valence-corrected chi connectivity index (χ4v) is 2.65. The lowest BCUT2D eigenvalue weighted by molar-refractivity contribution is 0.432. The molecule has 23 heavy (non-hydrogen) atoms. The van der Waals surface area contributed by atoms with E-state index in [1.165, 1.54) is 11.1 Å². The normalized spacial score (nSPS) is 11.3. The zero-order valence-electron chi connectivity index (χ0n) is 13.3. The van der Waals surface area contributed by atoms with Gasteiger partial charge in [-0.1, -0.05) is 11.2 Å². The molecule has 4 nitrogen and oxygen atoms in total. The van der Waals surface area contributed by atoms with Gasteiger partial charge in [-0.25, -0.2) is 0 Å². The summed E-state index contributed by atoms with van der Waals surface area (Å²) in [6, 6.07) is 14.0. The molecule has 0 bridgehead atoms. The molecule has 0 aliphatic heterocycles. The average Bonchev–Trinajstić information content (AvgIpc) is 3.14. The smallest absolute Gasteiger partial charge is 0.258 e. The number of hydrogen-bond donors (Lipinski definition) is 0. The molecule has 4 heteroatoms. The van der Waals surface area contributed by atoms with Crippen LogP contribution < -0.4 is 0 Å². The van der Waals surface area contributed by atoms with Crippen LogP contribution in [0.1, 0.15) is 16.9 Å². The van der Waals surface area contributed by atoms with Gasteiger partial charge in [0.15, 0.2) is 0 Å². The topological polar surface area (TPSA) is 52.1 Å². The molecule has 0 atom stereocenters. The second-order valence-corrected chi connectivity index (χ2v) is 5.83. The van der Waals surface area contributed by atoms with Crippen LogP contribution in [0.4, 0.5) is 0 Å². The first kappa shape index (κ1) is 13.8. The largest absolute Gasteiger partial charge is 0.461 e. The molecule has 0 radical (unpaired) electrons. The van der Waals surface area contributed by atoms with Gasteiger partial charge in [0.1, 0.15) is 11.3 Å². The highest BCUT2D eigenvalue weighted by atomic mass is 16.5. The van der Waals surface area contributed by atoms with Crippen LogP contribution in [-0.2, 0) is 0 Å². The summed E-state index contributed by atoms with van der Waals surface area (Å²) in [5, 5.41) is 5.15. The number of aryl methyl sites for hydroxylation is 3. The number of fused-ring (bicyclic) bond motifs is 1. The maximum atomic E-state index is 5.59. The summed E-state index contributed by atoms with van der Waals surface area (Å²) < 4.78 is 11.0. The lowest BCUT2D eigenvalue weighted by Crippen LogP contribution is -1.84. The van der Waals surface area contributed by atoms with Gasteiger partial charge in [0.2, 0.25) is 5.82 Å². The number of aromatic nitrogens is 2. The lowest BCUT2D eigenvalue weighted by Gasteiger charge is -2.00. The molecule has 0 saturated heterocycles.